The number of ether oxygens (including phenoxy) is 2. The van der Waals surface area contributed by atoms with Crippen LogP contribution in [-0.4, -0.2) is 38.8 Å². The van der Waals surface area contributed by atoms with E-state index in [9.17, 15) is 10.2 Å². The molecule has 244 valence electrons. The lowest BCUT2D eigenvalue weighted by Crippen LogP contribution is -2.00. The van der Waals surface area contributed by atoms with Gasteiger partial charge in [0.1, 0.15) is 0 Å². The minimum Gasteiger partial charge on any atom is -0.504 e. The lowest BCUT2D eigenvalue weighted by atomic mass is 10.1. The van der Waals surface area contributed by atoms with Gasteiger partial charge >= 0.3 is 0 Å². The standard InChI is InChI=1S/2C14H22O2.C10H9N3/c2*1-3-5-6-7-11-16-14-12(4-2)9-8-10-13(14)15;1-8-7-11-13-12-10(8)9-5-3-2-4-6-9/h2*8-10,15H,3-7,11H2,1-2H3;2-7H,1H3. The smallest absolute Gasteiger partial charge is 0.164 e. The van der Waals surface area contributed by atoms with E-state index in [2.05, 4.69) is 43.1 Å². The van der Waals surface area contributed by atoms with Crippen LogP contribution in [0.15, 0.2) is 72.9 Å². The largest absolute Gasteiger partial charge is 0.504 e. The Morgan fingerprint density at radius 2 is 1.11 bits per heavy atom. The van der Waals surface area contributed by atoms with Crippen molar-refractivity contribution >= 4 is 0 Å². The Labute approximate surface area is 270 Å². The van der Waals surface area contributed by atoms with E-state index in [0.717, 1.165) is 53.6 Å². The third-order valence-corrected chi connectivity index (χ3v) is 7.27. The lowest BCUT2D eigenvalue weighted by molar-refractivity contribution is 0.286. The minimum absolute atomic E-state index is 0.259. The fourth-order valence-electron chi connectivity index (χ4n) is 4.64. The van der Waals surface area contributed by atoms with Gasteiger partial charge in [-0.2, -0.15) is 0 Å². The molecule has 7 nitrogen and oxygen atoms in total. The molecule has 1 aromatic heterocycles. The maximum Gasteiger partial charge on any atom is 0.164 e. The first-order valence-electron chi connectivity index (χ1n) is 16.5. The number of hydrogen-bond donors (Lipinski definition) is 2. The third-order valence-electron chi connectivity index (χ3n) is 7.27. The second kappa shape index (κ2) is 22.4. The number of aryl methyl sites for hydroxylation is 3. The van der Waals surface area contributed by atoms with Gasteiger partial charge in [0, 0.05) is 5.56 Å². The zero-order chi connectivity index (χ0) is 32.7. The van der Waals surface area contributed by atoms with Gasteiger partial charge in [0.15, 0.2) is 23.0 Å². The first-order chi connectivity index (χ1) is 22.0. The summed E-state index contributed by atoms with van der Waals surface area (Å²) in [6.45, 7) is 11.9. The molecule has 0 spiro atoms. The topological polar surface area (TPSA) is 97.6 Å². The SMILES string of the molecule is CCCCCCOc1c(O)cccc1CC.CCCCCCOc1c(O)cccc1CC.Cc1cnnnc1-c1ccccc1. The van der Waals surface area contributed by atoms with E-state index in [4.69, 9.17) is 9.47 Å². The van der Waals surface area contributed by atoms with Crippen LogP contribution in [0.1, 0.15) is 95.8 Å². The van der Waals surface area contributed by atoms with Crippen molar-refractivity contribution in [2.45, 2.75) is 98.8 Å². The number of benzene rings is 3. The molecule has 4 aromatic rings. The summed E-state index contributed by atoms with van der Waals surface area (Å²) in [6.07, 6.45) is 13.0. The Kier molecular flexibility index (Phi) is 18.4. The molecule has 0 saturated heterocycles. The van der Waals surface area contributed by atoms with Crippen molar-refractivity contribution in [2.24, 2.45) is 0 Å². The van der Waals surface area contributed by atoms with Crippen LogP contribution in [0, 0.1) is 6.92 Å². The summed E-state index contributed by atoms with van der Waals surface area (Å²) in [7, 11) is 0. The molecule has 0 aliphatic rings. The van der Waals surface area contributed by atoms with E-state index >= 15 is 0 Å². The molecule has 0 amide bonds. The molecule has 3 aromatic carbocycles. The average Bonchev–Trinajstić information content (AvgIpc) is 3.07. The molecule has 0 radical (unpaired) electrons. The van der Waals surface area contributed by atoms with Crippen LogP contribution >= 0.6 is 0 Å². The van der Waals surface area contributed by atoms with Crippen LogP contribution in [0.2, 0.25) is 0 Å². The van der Waals surface area contributed by atoms with E-state index in [1.165, 1.54) is 38.5 Å². The molecule has 7 heteroatoms. The van der Waals surface area contributed by atoms with E-state index in [-0.39, 0.29) is 11.5 Å². The molecule has 45 heavy (non-hydrogen) atoms. The van der Waals surface area contributed by atoms with Gasteiger partial charge in [-0.25, -0.2) is 0 Å². The van der Waals surface area contributed by atoms with Gasteiger partial charge in [-0.3, -0.25) is 0 Å². The fourth-order valence-corrected chi connectivity index (χ4v) is 4.64. The Bertz CT molecular complexity index is 1280. The molecule has 0 saturated carbocycles. The van der Waals surface area contributed by atoms with Gasteiger partial charge in [-0.15, -0.1) is 10.2 Å². The molecule has 0 unspecified atom stereocenters. The van der Waals surface area contributed by atoms with Crippen LogP contribution in [0.4, 0.5) is 0 Å². The van der Waals surface area contributed by atoms with Crippen molar-refractivity contribution in [1.29, 1.82) is 0 Å². The molecule has 0 aliphatic heterocycles. The highest BCUT2D eigenvalue weighted by atomic mass is 16.5. The monoisotopic (exact) mass is 615 g/mol. The second-order valence-corrected chi connectivity index (χ2v) is 10.9. The van der Waals surface area contributed by atoms with Crippen LogP contribution in [0.25, 0.3) is 11.3 Å². The Hall–Kier alpha value is -4.13. The number of aromatic hydroxyl groups is 2. The number of phenols is 2. The van der Waals surface area contributed by atoms with E-state index in [1.807, 2.05) is 61.5 Å². The van der Waals surface area contributed by atoms with Gasteiger partial charge in [-0.05, 0) is 66.6 Å². The van der Waals surface area contributed by atoms with Crippen molar-refractivity contribution in [3.63, 3.8) is 0 Å². The molecule has 0 atom stereocenters. The summed E-state index contributed by atoms with van der Waals surface area (Å²) in [5.41, 5.74) is 5.18. The number of hydrogen-bond acceptors (Lipinski definition) is 7. The first kappa shape index (κ1) is 37.1. The Morgan fingerprint density at radius 3 is 1.56 bits per heavy atom. The van der Waals surface area contributed by atoms with Crippen molar-refractivity contribution in [2.75, 3.05) is 13.2 Å². The number of nitrogens with zero attached hydrogens (tertiary/aromatic N) is 3. The van der Waals surface area contributed by atoms with Crippen molar-refractivity contribution < 1.29 is 19.7 Å². The maximum atomic E-state index is 9.70. The van der Waals surface area contributed by atoms with Crippen molar-refractivity contribution in [3.8, 4) is 34.3 Å². The van der Waals surface area contributed by atoms with Crippen molar-refractivity contribution in [1.82, 2.24) is 15.4 Å². The zero-order valence-corrected chi connectivity index (χ0v) is 28.0. The summed E-state index contributed by atoms with van der Waals surface area (Å²) in [4.78, 5) is 0. The van der Waals surface area contributed by atoms with E-state index in [1.54, 1.807) is 18.3 Å². The first-order valence-corrected chi connectivity index (χ1v) is 16.5. The Balaban J connectivity index is 0.000000236. The summed E-state index contributed by atoms with van der Waals surface area (Å²) >= 11 is 0. The summed E-state index contributed by atoms with van der Waals surface area (Å²) in [5.74, 6) is 1.85. The molecular formula is C38H53N3O4. The molecule has 4 rings (SSSR count). The van der Waals surface area contributed by atoms with E-state index < -0.39 is 0 Å². The van der Waals surface area contributed by atoms with Crippen LogP contribution < -0.4 is 9.47 Å². The van der Waals surface area contributed by atoms with Gasteiger partial charge in [-0.1, -0.05) is 121 Å². The van der Waals surface area contributed by atoms with Crippen LogP contribution in [0.5, 0.6) is 23.0 Å². The fraction of sp³-hybridized carbons (Fsp3) is 0.447. The number of rotatable bonds is 15. The number of para-hydroxylation sites is 2. The zero-order valence-electron chi connectivity index (χ0n) is 28.0. The van der Waals surface area contributed by atoms with Crippen LogP contribution in [-0.2, 0) is 12.8 Å². The molecule has 2 N–H and O–H groups in total. The molecule has 0 aliphatic carbocycles. The lowest BCUT2D eigenvalue weighted by Gasteiger charge is -2.11. The summed E-state index contributed by atoms with van der Waals surface area (Å²) < 4.78 is 11.3. The Morgan fingerprint density at radius 1 is 0.600 bits per heavy atom. The molecular weight excluding hydrogens is 562 g/mol. The predicted octanol–water partition coefficient (Wildman–Crippen LogP) is 9.67. The van der Waals surface area contributed by atoms with Crippen molar-refractivity contribution in [3.05, 3.63) is 89.6 Å². The number of aromatic nitrogens is 3. The molecule has 0 bridgehead atoms. The van der Waals surface area contributed by atoms with Gasteiger partial charge in [0.2, 0.25) is 0 Å². The highest BCUT2D eigenvalue weighted by Gasteiger charge is 2.08. The predicted molar refractivity (Wildman–Crippen MR) is 184 cm³/mol. The quantitative estimate of drug-likeness (QED) is 0.128. The molecule has 0 fully saturated rings. The number of unbranched alkanes of at least 4 members (excludes halogenated alkanes) is 6. The van der Waals surface area contributed by atoms with Gasteiger partial charge < -0.3 is 19.7 Å². The summed E-state index contributed by atoms with van der Waals surface area (Å²) in [5, 5.41) is 30.7. The van der Waals surface area contributed by atoms with Gasteiger partial charge in [0.25, 0.3) is 0 Å². The minimum atomic E-state index is 0.259. The van der Waals surface area contributed by atoms with Crippen LogP contribution in [0.3, 0.4) is 0 Å². The number of phenolic OH excluding ortho intramolecular Hbond substituents is 2. The second-order valence-electron chi connectivity index (χ2n) is 10.9. The third kappa shape index (κ3) is 13.6. The highest BCUT2D eigenvalue weighted by Crippen LogP contribution is 2.31. The summed E-state index contributed by atoms with van der Waals surface area (Å²) in [6, 6.07) is 21.1. The van der Waals surface area contributed by atoms with Gasteiger partial charge in [0.05, 0.1) is 25.1 Å². The highest BCUT2D eigenvalue weighted by molar-refractivity contribution is 5.61. The normalized spacial score (nSPS) is 10.2. The molecule has 1 heterocycles. The van der Waals surface area contributed by atoms with E-state index in [0.29, 0.717) is 24.7 Å². The average molecular weight is 616 g/mol. The maximum absolute atomic E-state index is 9.70.